The molecule has 0 spiro atoms. The third kappa shape index (κ3) is 3.75. The first-order valence-electron chi connectivity index (χ1n) is 7.74. The van der Waals surface area contributed by atoms with Gasteiger partial charge in [-0.05, 0) is 46.2 Å². The van der Waals surface area contributed by atoms with Crippen molar-refractivity contribution in [3.63, 3.8) is 0 Å². The molecule has 1 saturated heterocycles. The van der Waals surface area contributed by atoms with Crippen LogP contribution in [0.25, 0.3) is 0 Å². The summed E-state index contributed by atoms with van der Waals surface area (Å²) in [7, 11) is 2.11. The zero-order chi connectivity index (χ0) is 15.4. The van der Waals surface area contributed by atoms with E-state index in [4.69, 9.17) is 0 Å². The highest BCUT2D eigenvalue weighted by Gasteiger charge is 2.31. The number of carbonyl (C=O) groups excluding carboxylic acids is 1. The Bertz CT molecular complexity index is 472. The van der Waals surface area contributed by atoms with Crippen LogP contribution in [0, 0.1) is 6.92 Å². The Labute approximate surface area is 126 Å². The van der Waals surface area contributed by atoms with Crippen LogP contribution in [-0.2, 0) is 6.42 Å². The Morgan fingerprint density at radius 1 is 1.43 bits per heavy atom. The van der Waals surface area contributed by atoms with Gasteiger partial charge < -0.3 is 10.2 Å². The highest BCUT2D eigenvalue weighted by molar-refractivity contribution is 5.74. The van der Waals surface area contributed by atoms with E-state index in [9.17, 15) is 4.79 Å². The Balaban J connectivity index is 1.73. The minimum absolute atomic E-state index is 0.0614. The van der Waals surface area contributed by atoms with Crippen molar-refractivity contribution in [3.8, 4) is 0 Å². The number of H-pyrrole nitrogens is 1. The SMILES string of the molecule is Cc1[nH]ncc1CCCNC(=O)N1CCN(C)[C@H](C)[C@H]1C. The molecule has 1 aromatic heterocycles. The lowest BCUT2D eigenvalue weighted by Crippen LogP contribution is -2.59. The van der Waals surface area contributed by atoms with Gasteiger partial charge in [0.05, 0.1) is 6.20 Å². The fraction of sp³-hybridized carbons (Fsp3) is 0.733. The average Bonchev–Trinajstić information content (AvgIpc) is 2.86. The Hall–Kier alpha value is -1.56. The Kier molecular flexibility index (Phi) is 5.22. The van der Waals surface area contributed by atoms with Gasteiger partial charge in [-0.25, -0.2) is 4.79 Å². The number of hydrogen-bond donors (Lipinski definition) is 2. The zero-order valence-electron chi connectivity index (χ0n) is 13.5. The third-order valence-corrected chi connectivity index (χ3v) is 4.67. The highest BCUT2D eigenvalue weighted by Crippen LogP contribution is 2.15. The molecule has 21 heavy (non-hydrogen) atoms. The summed E-state index contributed by atoms with van der Waals surface area (Å²) in [6.45, 7) is 8.76. The zero-order valence-corrected chi connectivity index (χ0v) is 13.5. The normalized spacial score (nSPS) is 23.3. The number of urea groups is 1. The quantitative estimate of drug-likeness (QED) is 0.825. The number of piperazine rings is 1. The minimum Gasteiger partial charge on any atom is -0.338 e. The monoisotopic (exact) mass is 293 g/mol. The number of nitrogens with one attached hydrogen (secondary N) is 2. The predicted octanol–water partition coefficient (Wildman–Crippen LogP) is 1.38. The molecule has 0 aromatic carbocycles. The van der Waals surface area contributed by atoms with E-state index in [-0.39, 0.29) is 12.1 Å². The van der Waals surface area contributed by atoms with Gasteiger partial charge in [-0.15, -0.1) is 0 Å². The van der Waals surface area contributed by atoms with Crippen LogP contribution < -0.4 is 5.32 Å². The van der Waals surface area contributed by atoms with Gasteiger partial charge in [0, 0.05) is 37.4 Å². The van der Waals surface area contributed by atoms with Gasteiger partial charge >= 0.3 is 6.03 Å². The second kappa shape index (κ2) is 6.93. The number of aryl methyl sites for hydroxylation is 2. The van der Waals surface area contributed by atoms with Crippen LogP contribution in [0.2, 0.25) is 0 Å². The van der Waals surface area contributed by atoms with Crippen LogP contribution in [-0.4, -0.2) is 64.8 Å². The number of aromatic amines is 1. The van der Waals surface area contributed by atoms with Crippen LogP contribution >= 0.6 is 0 Å². The molecule has 0 unspecified atom stereocenters. The van der Waals surface area contributed by atoms with Crippen molar-refractivity contribution in [2.24, 2.45) is 0 Å². The molecule has 0 saturated carbocycles. The summed E-state index contributed by atoms with van der Waals surface area (Å²) in [5.41, 5.74) is 2.34. The summed E-state index contributed by atoms with van der Waals surface area (Å²) in [5.74, 6) is 0. The Morgan fingerprint density at radius 3 is 2.86 bits per heavy atom. The second-order valence-electron chi connectivity index (χ2n) is 6.01. The van der Waals surface area contributed by atoms with Gasteiger partial charge in [0.15, 0.2) is 0 Å². The van der Waals surface area contributed by atoms with E-state index in [2.05, 4.69) is 41.3 Å². The maximum Gasteiger partial charge on any atom is 0.317 e. The van der Waals surface area contributed by atoms with Gasteiger partial charge in [0.1, 0.15) is 0 Å². The van der Waals surface area contributed by atoms with Gasteiger partial charge in [-0.1, -0.05) is 0 Å². The fourth-order valence-electron chi connectivity index (χ4n) is 2.79. The van der Waals surface area contributed by atoms with Gasteiger partial charge in [0.2, 0.25) is 0 Å². The largest absolute Gasteiger partial charge is 0.338 e. The van der Waals surface area contributed by atoms with E-state index >= 15 is 0 Å². The molecule has 1 aromatic rings. The number of carbonyl (C=O) groups is 1. The van der Waals surface area contributed by atoms with Crippen LogP contribution in [0.5, 0.6) is 0 Å². The number of aromatic nitrogens is 2. The first-order valence-corrected chi connectivity index (χ1v) is 7.74. The first kappa shape index (κ1) is 15.8. The number of likely N-dealkylation sites (N-methyl/N-ethyl adjacent to an activating group) is 1. The lowest BCUT2D eigenvalue weighted by atomic mass is 10.1. The van der Waals surface area contributed by atoms with Crippen LogP contribution in [0.3, 0.4) is 0 Å². The van der Waals surface area contributed by atoms with Crippen molar-refractivity contribution in [2.45, 2.75) is 45.7 Å². The van der Waals surface area contributed by atoms with Gasteiger partial charge in [0.25, 0.3) is 0 Å². The molecule has 1 aliphatic heterocycles. The van der Waals surface area contributed by atoms with Crippen molar-refractivity contribution in [3.05, 3.63) is 17.5 Å². The first-order chi connectivity index (χ1) is 10.0. The lowest BCUT2D eigenvalue weighted by molar-refractivity contribution is 0.0741. The van der Waals surface area contributed by atoms with Crippen molar-refractivity contribution >= 4 is 6.03 Å². The fourth-order valence-corrected chi connectivity index (χ4v) is 2.79. The molecule has 2 heterocycles. The summed E-state index contributed by atoms with van der Waals surface area (Å²) < 4.78 is 0. The second-order valence-corrected chi connectivity index (χ2v) is 6.01. The highest BCUT2D eigenvalue weighted by atomic mass is 16.2. The number of nitrogens with zero attached hydrogens (tertiary/aromatic N) is 3. The molecule has 2 amide bonds. The minimum atomic E-state index is 0.0614. The molecule has 2 rings (SSSR count). The summed E-state index contributed by atoms with van der Waals surface area (Å²) in [6.07, 6.45) is 3.74. The summed E-state index contributed by atoms with van der Waals surface area (Å²) in [4.78, 5) is 16.5. The van der Waals surface area contributed by atoms with Crippen LogP contribution in [0.1, 0.15) is 31.5 Å². The lowest BCUT2D eigenvalue weighted by Gasteiger charge is -2.43. The van der Waals surface area contributed by atoms with Gasteiger partial charge in [-0.2, -0.15) is 5.10 Å². The molecule has 2 N–H and O–H groups in total. The molecule has 1 fully saturated rings. The smallest absolute Gasteiger partial charge is 0.317 e. The van der Waals surface area contributed by atoms with Crippen molar-refractivity contribution in [2.75, 3.05) is 26.7 Å². The molecule has 0 aliphatic carbocycles. The van der Waals surface area contributed by atoms with Crippen LogP contribution in [0.4, 0.5) is 4.79 Å². The van der Waals surface area contributed by atoms with E-state index in [1.807, 2.05) is 18.0 Å². The summed E-state index contributed by atoms with van der Waals surface area (Å²) >= 11 is 0. The van der Waals surface area contributed by atoms with E-state index in [0.29, 0.717) is 12.6 Å². The summed E-state index contributed by atoms with van der Waals surface area (Å²) in [5, 5.41) is 9.98. The molecule has 6 nitrogen and oxygen atoms in total. The number of hydrogen-bond acceptors (Lipinski definition) is 3. The Morgan fingerprint density at radius 2 is 2.19 bits per heavy atom. The number of rotatable bonds is 4. The van der Waals surface area contributed by atoms with Crippen molar-refractivity contribution in [1.29, 1.82) is 0 Å². The van der Waals surface area contributed by atoms with Crippen molar-refractivity contribution in [1.82, 2.24) is 25.3 Å². The topological polar surface area (TPSA) is 64.3 Å². The maximum atomic E-state index is 12.3. The van der Waals surface area contributed by atoms with Crippen molar-refractivity contribution < 1.29 is 4.79 Å². The van der Waals surface area contributed by atoms with E-state index < -0.39 is 0 Å². The molecule has 0 radical (unpaired) electrons. The molecule has 2 atom stereocenters. The standard InChI is InChI=1S/C15H27N5O/c1-11-14(10-17-18-11)6-5-7-16-15(21)20-9-8-19(4)12(2)13(20)3/h10,12-13H,5-9H2,1-4H3,(H,16,21)(H,17,18)/t12-,13-/m1/s1. The van der Waals surface area contributed by atoms with Gasteiger partial charge in [-0.3, -0.25) is 10.00 Å². The average molecular weight is 293 g/mol. The molecule has 1 aliphatic rings. The molecule has 0 bridgehead atoms. The maximum absolute atomic E-state index is 12.3. The molecular formula is C15H27N5O. The predicted molar refractivity (Wildman–Crippen MR) is 83.3 cm³/mol. The number of amides is 2. The molecule has 6 heteroatoms. The summed E-state index contributed by atoms with van der Waals surface area (Å²) in [6, 6.07) is 0.712. The third-order valence-electron chi connectivity index (χ3n) is 4.67. The van der Waals surface area contributed by atoms with E-state index in [1.54, 1.807) is 0 Å². The molecular weight excluding hydrogens is 266 g/mol. The molecule has 118 valence electrons. The van der Waals surface area contributed by atoms with E-state index in [0.717, 1.165) is 31.6 Å². The van der Waals surface area contributed by atoms with Crippen LogP contribution in [0.15, 0.2) is 6.20 Å². The van der Waals surface area contributed by atoms with E-state index in [1.165, 1.54) is 5.56 Å².